The number of carbonyl (C=O) groups excluding carboxylic acids is 3. The number of Topliss-reactive ketones (excluding diaryl/α,β-unsaturated/α-hetero) is 1. The second-order valence-electron chi connectivity index (χ2n) is 5.99. The Morgan fingerprint density at radius 3 is 2.34 bits per heavy atom. The van der Waals surface area contributed by atoms with Crippen molar-refractivity contribution in [1.82, 2.24) is 4.98 Å². The summed E-state index contributed by atoms with van der Waals surface area (Å²) in [5.41, 5.74) is 0.273. The van der Waals surface area contributed by atoms with Crippen LogP contribution >= 0.6 is 0 Å². The van der Waals surface area contributed by atoms with Crippen molar-refractivity contribution in [2.75, 3.05) is 13.2 Å². The van der Waals surface area contributed by atoms with Gasteiger partial charge < -0.3 is 14.5 Å². The number of H-pyrrole nitrogens is 1. The molecule has 9 nitrogen and oxygen atoms in total. The number of ketones is 1. The maximum Gasteiger partial charge on any atom is 0.338 e. The third-order valence-corrected chi connectivity index (χ3v) is 4.10. The predicted molar refractivity (Wildman–Crippen MR) is 102 cm³/mol. The first-order valence-electron chi connectivity index (χ1n) is 8.63. The van der Waals surface area contributed by atoms with Gasteiger partial charge in [-0.3, -0.25) is 14.9 Å². The number of para-hydroxylation sites is 1. The number of ether oxygens (including phenoxy) is 2. The van der Waals surface area contributed by atoms with Gasteiger partial charge >= 0.3 is 11.9 Å². The van der Waals surface area contributed by atoms with Crippen LogP contribution in [0.5, 0.6) is 0 Å². The number of rotatable bonds is 7. The summed E-state index contributed by atoms with van der Waals surface area (Å²) < 4.78 is 9.83. The summed E-state index contributed by atoms with van der Waals surface area (Å²) in [6.07, 6.45) is 1.52. The summed E-state index contributed by atoms with van der Waals surface area (Å²) in [7, 11) is 0. The first-order valence-corrected chi connectivity index (χ1v) is 8.63. The zero-order valence-corrected chi connectivity index (χ0v) is 15.3. The van der Waals surface area contributed by atoms with Crippen molar-refractivity contribution in [1.29, 1.82) is 0 Å². The number of nitrogens with zero attached hydrogens (tertiary/aromatic N) is 1. The molecule has 0 atom stereocenters. The van der Waals surface area contributed by atoms with E-state index in [-0.39, 0.29) is 17.7 Å². The number of fused-ring (bicyclic) bond motifs is 1. The molecule has 0 aliphatic heterocycles. The highest BCUT2D eigenvalue weighted by atomic mass is 16.6. The molecule has 0 unspecified atom stereocenters. The average molecular weight is 396 g/mol. The quantitative estimate of drug-likeness (QED) is 0.281. The molecule has 1 aromatic heterocycles. The van der Waals surface area contributed by atoms with Crippen LogP contribution in [-0.4, -0.2) is 40.8 Å². The van der Waals surface area contributed by atoms with Crippen LogP contribution in [0.1, 0.15) is 38.0 Å². The van der Waals surface area contributed by atoms with Gasteiger partial charge in [0.2, 0.25) is 5.78 Å². The summed E-state index contributed by atoms with van der Waals surface area (Å²) in [5.74, 6) is -2.21. The maximum absolute atomic E-state index is 12.4. The summed E-state index contributed by atoms with van der Waals surface area (Å²) in [5, 5.41) is 11.8. The molecule has 2 aromatic carbocycles. The minimum absolute atomic E-state index is 0.0699. The lowest BCUT2D eigenvalue weighted by Crippen LogP contribution is -2.15. The van der Waals surface area contributed by atoms with Crippen molar-refractivity contribution < 1.29 is 28.8 Å². The van der Waals surface area contributed by atoms with Crippen LogP contribution in [0.2, 0.25) is 0 Å². The number of nitro groups is 1. The van der Waals surface area contributed by atoms with E-state index in [4.69, 9.17) is 9.47 Å². The minimum atomic E-state index is -0.965. The van der Waals surface area contributed by atoms with E-state index < -0.39 is 34.9 Å². The molecule has 148 valence electrons. The molecule has 0 bridgehead atoms. The van der Waals surface area contributed by atoms with E-state index in [9.17, 15) is 24.5 Å². The zero-order valence-electron chi connectivity index (χ0n) is 15.3. The van der Waals surface area contributed by atoms with Crippen LogP contribution in [0.4, 0.5) is 5.69 Å². The number of aromatic nitrogens is 1. The fourth-order valence-corrected chi connectivity index (χ4v) is 2.76. The molecule has 0 saturated carbocycles. The number of hydrogen-bond donors (Lipinski definition) is 1. The van der Waals surface area contributed by atoms with Gasteiger partial charge in [0, 0.05) is 34.8 Å². The molecule has 0 spiro atoms. The molecule has 1 heterocycles. The molecular formula is C20H16N2O7. The number of benzene rings is 2. The lowest BCUT2D eigenvalue weighted by Gasteiger charge is -2.07. The Hall–Kier alpha value is -4.01. The summed E-state index contributed by atoms with van der Waals surface area (Å²) in [6, 6.07) is 10.3. The van der Waals surface area contributed by atoms with Gasteiger partial charge in [-0.25, -0.2) is 9.59 Å². The van der Waals surface area contributed by atoms with E-state index in [1.807, 2.05) is 6.07 Å². The molecule has 1 N–H and O–H groups in total. The third-order valence-electron chi connectivity index (χ3n) is 4.10. The first-order chi connectivity index (χ1) is 13.9. The molecule has 29 heavy (non-hydrogen) atoms. The van der Waals surface area contributed by atoms with Crippen LogP contribution in [0.25, 0.3) is 10.9 Å². The van der Waals surface area contributed by atoms with Crippen LogP contribution in [0.3, 0.4) is 0 Å². The molecule has 3 aromatic rings. The molecule has 0 fully saturated rings. The van der Waals surface area contributed by atoms with Gasteiger partial charge in [0.1, 0.15) is 0 Å². The Kier molecular flexibility index (Phi) is 5.68. The number of nitrogens with one attached hydrogen (secondary N) is 1. The smallest absolute Gasteiger partial charge is 0.338 e. The molecule has 0 radical (unpaired) electrons. The Balaban J connectivity index is 1.78. The number of esters is 2. The SMILES string of the molecule is CCOC(=O)c1cc(C(=O)OCC(=O)c2c[nH]c3ccccc23)cc([N+](=O)[O-])c1. The van der Waals surface area contributed by atoms with Gasteiger partial charge in [-0.1, -0.05) is 18.2 Å². The van der Waals surface area contributed by atoms with E-state index in [2.05, 4.69) is 4.98 Å². The Bertz CT molecular complexity index is 1120. The van der Waals surface area contributed by atoms with Crippen LogP contribution in [0, 0.1) is 10.1 Å². The normalized spacial score (nSPS) is 10.5. The average Bonchev–Trinajstić information content (AvgIpc) is 3.15. The minimum Gasteiger partial charge on any atom is -0.462 e. The van der Waals surface area contributed by atoms with E-state index in [0.717, 1.165) is 23.7 Å². The Morgan fingerprint density at radius 2 is 1.69 bits per heavy atom. The van der Waals surface area contributed by atoms with E-state index in [1.165, 1.54) is 6.20 Å². The van der Waals surface area contributed by atoms with E-state index >= 15 is 0 Å². The zero-order chi connectivity index (χ0) is 21.0. The van der Waals surface area contributed by atoms with Crippen LogP contribution in [0.15, 0.2) is 48.7 Å². The van der Waals surface area contributed by atoms with Gasteiger partial charge in [-0.05, 0) is 19.1 Å². The summed E-state index contributed by atoms with van der Waals surface area (Å²) >= 11 is 0. The second-order valence-corrected chi connectivity index (χ2v) is 5.99. The molecule has 0 aliphatic carbocycles. The van der Waals surface area contributed by atoms with Gasteiger partial charge in [0.25, 0.3) is 5.69 Å². The summed E-state index contributed by atoms with van der Waals surface area (Å²) in [6.45, 7) is 1.10. The molecule has 0 saturated heterocycles. The standard InChI is InChI=1S/C20H16N2O7/c1-2-28-19(24)12-7-13(9-14(8-12)22(26)27)20(25)29-11-18(23)16-10-21-17-6-4-3-5-15(16)17/h3-10,21H,2,11H2,1H3. The highest BCUT2D eigenvalue weighted by Crippen LogP contribution is 2.20. The van der Waals surface area contributed by atoms with Crippen LogP contribution in [-0.2, 0) is 9.47 Å². The number of carbonyl (C=O) groups is 3. The number of hydrogen-bond acceptors (Lipinski definition) is 7. The van der Waals surface area contributed by atoms with Crippen molar-refractivity contribution in [3.05, 3.63) is 75.5 Å². The topological polar surface area (TPSA) is 129 Å². The largest absolute Gasteiger partial charge is 0.462 e. The van der Waals surface area contributed by atoms with Crippen molar-refractivity contribution >= 4 is 34.3 Å². The highest BCUT2D eigenvalue weighted by molar-refractivity contribution is 6.09. The second kappa shape index (κ2) is 8.34. The molecule has 9 heteroatoms. The monoisotopic (exact) mass is 396 g/mol. The van der Waals surface area contributed by atoms with E-state index in [1.54, 1.807) is 25.1 Å². The van der Waals surface area contributed by atoms with E-state index in [0.29, 0.717) is 10.9 Å². The van der Waals surface area contributed by atoms with Gasteiger partial charge in [-0.2, -0.15) is 0 Å². The Labute approximate surface area is 164 Å². The first kappa shape index (κ1) is 19.7. The number of non-ortho nitro benzene ring substituents is 1. The molecule has 0 aliphatic rings. The van der Waals surface area contributed by atoms with Crippen molar-refractivity contribution in [2.24, 2.45) is 0 Å². The lowest BCUT2D eigenvalue weighted by molar-refractivity contribution is -0.384. The van der Waals surface area contributed by atoms with Gasteiger partial charge in [0.05, 0.1) is 22.7 Å². The van der Waals surface area contributed by atoms with Gasteiger partial charge in [0.15, 0.2) is 6.61 Å². The Morgan fingerprint density at radius 1 is 1.03 bits per heavy atom. The number of aromatic amines is 1. The highest BCUT2D eigenvalue weighted by Gasteiger charge is 2.21. The van der Waals surface area contributed by atoms with Gasteiger partial charge in [-0.15, -0.1) is 0 Å². The fraction of sp³-hybridized carbons (Fsp3) is 0.150. The molecule has 0 amide bonds. The molecule has 3 rings (SSSR count). The summed E-state index contributed by atoms with van der Waals surface area (Å²) in [4.78, 5) is 49.9. The van der Waals surface area contributed by atoms with Crippen molar-refractivity contribution in [3.63, 3.8) is 0 Å². The van der Waals surface area contributed by atoms with Crippen LogP contribution < -0.4 is 0 Å². The van der Waals surface area contributed by atoms with Crippen molar-refractivity contribution in [2.45, 2.75) is 6.92 Å². The number of nitro benzene ring substituents is 1. The fourth-order valence-electron chi connectivity index (χ4n) is 2.76. The maximum atomic E-state index is 12.4. The molecular weight excluding hydrogens is 380 g/mol. The third kappa shape index (κ3) is 4.29. The predicted octanol–water partition coefficient (Wildman–Crippen LogP) is 3.29. The lowest BCUT2D eigenvalue weighted by atomic mass is 10.1. The van der Waals surface area contributed by atoms with Crippen molar-refractivity contribution in [3.8, 4) is 0 Å².